The Morgan fingerprint density at radius 1 is 1.46 bits per heavy atom. The molecular weight excluding hydrogens is 164 g/mol. The van der Waals surface area contributed by atoms with E-state index in [-0.39, 0.29) is 0 Å². The molecule has 4 heteroatoms. The zero-order chi connectivity index (χ0) is 9.10. The highest BCUT2D eigenvalue weighted by atomic mass is 15.1. The van der Waals surface area contributed by atoms with Crippen LogP contribution in [0.3, 0.4) is 0 Å². The molecule has 1 aromatic heterocycles. The highest BCUT2D eigenvalue weighted by Crippen LogP contribution is 2.05. The Morgan fingerprint density at radius 3 is 2.85 bits per heavy atom. The van der Waals surface area contributed by atoms with Gasteiger partial charge in [-0.3, -0.25) is 0 Å². The first-order valence-corrected chi connectivity index (χ1v) is 4.60. The molecule has 1 atom stereocenters. The number of anilines is 1. The van der Waals surface area contributed by atoms with Gasteiger partial charge in [0, 0.05) is 25.0 Å². The standard InChI is InChI=1S/C9H14N4/c1-7-4-11-9(12-5-7)13-8-2-3-10-6-8/h4-5,8,10H,2-3,6H2,1H3,(H,11,12,13). The van der Waals surface area contributed by atoms with Crippen LogP contribution in [0.5, 0.6) is 0 Å². The fraction of sp³-hybridized carbons (Fsp3) is 0.556. The van der Waals surface area contributed by atoms with Crippen LogP contribution in [-0.4, -0.2) is 29.1 Å². The maximum Gasteiger partial charge on any atom is 0.222 e. The van der Waals surface area contributed by atoms with Gasteiger partial charge in [0.05, 0.1) is 0 Å². The number of aryl methyl sites for hydroxylation is 1. The monoisotopic (exact) mass is 178 g/mol. The molecule has 1 fully saturated rings. The second-order valence-electron chi connectivity index (χ2n) is 3.42. The summed E-state index contributed by atoms with van der Waals surface area (Å²) in [5.41, 5.74) is 1.09. The van der Waals surface area contributed by atoms with E-state index in [1.54, 1.807) is 0 Å². The van der Waals surface area contributed by atoms with E-state index in [9.17, 15) is 0 Å². The normalized spacial score (nSPS) is 21.8. The molecule has 2 N–H and O–H groups in total. The van der Waals surface area contributed by atoms with Gasteiger partial charge in [0.2, 0.25) is 5.95 Å². The number of aromatic nitrogens is 2. The lowest BCUT2D eigenvalue weighted by Gasteiger charge is -2.10. The van der Waals surface area contributed by atoms with Crippen LogP contribution in [-0.2, 0) is 0 Å². The average molecular weight is 178 g/mol. The van der Waals surface area contributed by atoms with Crippen molar-refractivity contribution in [3.8, 4) is 0 Å². The summed E-state index contributed by atoms with van der Waals surface area (Å²) >= 11 is 0. The third-order valence-electron chi connectivity index (χ3n) is 2.17. The number of nitrogens with zero attached hydrogens (tertiary/aromatic N) is 2. The minimum Gasteiger partial charge on any atom is -0.350 e. The van der Waals surface area contributed by atoms with E-state index in [4.69, 9.17) is 0 Å². The summed E-state index contributed by atoms with van der Waals surface area (Å²) in [7, 11) is 0. The van der Waals surface area contributed by atoms with Crippen LogP contribution < -0.4 is 10.6 Å². The second kappa shape index (κ2) is 3.70. The molecule has 2 rings (SSSR count). The van der Waals surface area contributed by atoms with E-state index >= 15 is 0 Å². The molecule has 1 aliphatic heterocycles. The average Bonchev–Trinajstić information content (AvgIpc) is 2.62. The highest BCUT2D eigenvalue weighted by Gasteiger charge is 2.14. The third-order valence-corrected chi connectivity index (χ3v) is 2.17. The van der Waals surface area contributed by atoms with Crippen molar-refractivity contribution in [3.05, 3.63) is 18.0 Å². The first kappa shape index (κ1) is 8.44. The van der Waals surface area contributed by atoms with Gasteiger partial charge in [-0.25, -0.2) is 9.97 Å². The van der Waals surface area contributed by atoms with Crippen molar-refractivity contribution in [3.63, 3.8) is 0 Å². The first-order valence-electron chi connectivity index (χ1n) is 4.60. The second-order valence-corrected chi connectivity index (χ2v) is 3.42. The number of hydrogen-bond acceptors (Lipinski definition) is 4. The van der Waals surface area contributed by atoms with Gasteiger partial charge in [0.15, 0.2) is 0 Å². The zero-order valence-electron chi connectivity index (χ0n) is 7.75. The maximum atomic E-state index is 4.19. The fourth-order valence-electron chi connectivity index (χ4n) is 1.43. The Labute approximate surface area is 77.8 Å². The van der Waals surface area contributed by atoms with Crippen LogP contribution in [0.4, 0.5) is 5.95 Å². The smallest absolute Gasteiger partial charge is 0.222 e. The lowest BCUT2D eigenvalue weighted by molar-refractivity contribution is 0.780. The predicted molar refractivity (Wildman–Crippen MR) is 51.7 cm³/mol. The Hall–Kier alpha value is -1.16. The largest absolute Gasteiger partial charge is 0.350 e. The maximum absolute atomic E-state index is 4.19. The Kier molecular flexibility index (Phi) is 2.40. The molecule has 13 heavy (non-hydrogen) atoms. The Balaban J connectivity index is 1.97. The zero-order valence-corrected chi connectivity index (χ0v) is 7.75. The molecule has 2 heterocycles. The van der Waals surface area contributed by atoms with Gasteiger partial charge in [-0.1, -0.05) is 0 Å². The molecule has 0 radical (unpaired) electrons. The summed E-state index contributed by atoms with van der Waals surface area (Å²) in [5, 5.41) is 6.57. The predicted octanol–water partition coefficient (Wildman–Crippen LogP) is 0.559. The van der Waals surface area contributed by atoms with Crippen molar-refractivity contribution in [2.75, 3.05) is 18.4 Å². The topological polar surface area (TPSA) is 49.8 Å². The van der Waals surface area contributed by atoms with Crippen LogP contribution in [0, 0.1) is 6.92 Å². The first-order chi connectivity index (χ1) is 6.34. The van der Waals surface area contributed by atoms with Crippen molar-refractivity contribution in [2.24, 2.45) is 0 Å². The van der Waals surface area contributed by atoms with Gasteiger partial charge in [0.1, 0.15) is 0 Å². The molecule has 0 amide bonds. The van der Waals surface area contributed by atoms with Gasteiger partial charge < -0.3 is 10.6 Å². The van der Waals surface area contributed by atoms with E-state index < -0.39 is 0 Å². The Bertz CT molecular complexity index is 263. The van der Waals surface area contributed by atoms with Gasteiger partial charge in [-0.05, 0) is 25.5 Å². The Morgan fingerprint density at radius 2 is 2.23 bits per heavy atom. The lowest BCUT2D eigenvalue weighted by Crippen LogP contribution is -2.23. The summed E-state index contributed by atoms with van der Waals surface area (Å²) in [6.07, 6.45) is 4.81. The number of nitrogens with one attached hydrogen (secondary N) is 2. The molecule has 0 saturated carbocycles. The highest BCUT2D eigenvalue weighted by molar-refractivity contribution is 5.26. The van der Waals surface area contributed by atoms with Crippen LogP contribution in [0.25, 0.3) is 0 Å². The SMILES string of the molecule is Cc1cnc(NC2CCNC2)nc1. The van der Waals surface area contributed by atoms with Crippen LogP contribution in [0.15, 0.2) is 12.4 Å². The van der Waals surface area contributed by atoms with Gasteiger partial charge in [-0.2, -0.15) is 0 Å². The quantitative estimate of drug-likeness (QED) is 0.694. The van der Waals surface area contributed by atoms with E-state index in [2.05, 4.69) is 20.6 Å². The van der Waals surface area contributed by atoms with Crippen molar-refractivity contribution < 1.29 is 0 Å². The molecule has 1 saturated heterocycles. The van der Waals surface area contributed by atoms with Crippen molar-refractivity contribution in [1.29, 1.82) is 0 Å². The minimum absolute atomic E-state index is 0.489. The molecule has 0 spiro atoms. The summed E-state index contributed by atoms with van der Waals surface area (Å²) < 4.78 is 0. The van der Waals surface area contributed by atoms with E-state index in [0.717, 1.165) is 31.0 Å². The molecule has 1 aliphatic rings. The number of hydrogen-bond donors (Lipinski definition) is 2. The van der Waals surface area contributed by atoms with E-state index in [0.29, 0.717) is 6.04 Å². The molecule has 0 bridgehead atoms. The summed E-state index contributed by atoms with van der Waals surface area (Å²) in [4.78, 5) is 8.38. The molecule has 70 valence electrons. The molecule has 1 unspecified atom stereocenters. The molecular formula is C9H14N4. The minimum atomic E-state index is 0.489. The third kappa shape index (κ3) is 2.15. The summed E-state index contributed by atoms with van der Waals surface area (Å²) in [6.45, 7) is 4.08. The molecule has 0 aliphatic carbocycles. The molecule has 1 aromatic rings. The van der Waals surface area contributed by atoms with Gasteiger partial charge in [0.25, 0.3) is 0 Å². The van der Waals surface area contributed by atoms with Crippen LogP contribution in [0.2, 0.25) is 0 Å². The molecule has 0 aromatic carbocycles. The lowest BCUT2D eigenvalue weighted by atomic mass is 10.3. The van der Waals surface area contributed by atoms with Crippen molar-refractivity contribution in [1.82, 2.24) is 15.3 Å². The number of rotatable bonds is 2. The van der Waals surface area contributed by atoms with Crippen molar-refractivity contribution >= 4 is 5.95 Å². The summed E-state index contributed by atoms with van der Waals surface area (Å²) in [6, 6.07) is 0.489. The van der Waals surface area contributed by atoms with Crippen LogP contribution in [0.1, 0.15) is 12.0 Å². The van der Waals surface area contributed by atoms with E-state index in [1.807, 2.05) is 19.3 Å². The van der Waals surface area contributed by atoms with Gasteiger partial charge >= 0.3 is 0 Å². The van der Waals surface area contributed by atoms with Gasteiger partial charge in [-0.15, -0.1) is 0 Å². The van der Waals surface area contributed by atoms with Crippen molar-refractivity contribution in [2.45, 2.75) is 19.4 Å². The van der Waals surface area contributed by atoms with E-state index in [1.165, 1.54) is 0 Å². The fourth-order valence-corrected chi connectivity index (χ4v) is 1.43. The van der Waals surface area contributed by atoms with Crippen LogP contribution >= 0.6 is 0 Å². The summed E-state index contributed by atoms with van der Waals surface area (Å²) in [5.74, 6) is 0.735. The molecule has 4 nitrogen and oxygen atoms in total.